The Labute approximate surface area is 134 Å². The Morgan fingerprint density at radius 2 is 1.76 bits per heavy atom. The van der Waals surface area contributed by atoms with Gasteiger partial charge in [-0.15, -0.1) is 0 Å². The van der Waals surface area contributed by atoms with Crippen molar-refractivity contribution in [3.05, 3.63) is 62.5 Å². The number of rotatable bonds is 3. The molecule has 21 heavy (non-hydrogen) atoms. The van der Waals surface area contributed by atoms with Crippen molar-refractivity contribution < 1.29 is 19.1 Å². The maximum Gasteiger partial charge on any atom is 0.337 e. The lowest BCUT2D eigenvalue weighted by Crippen LogP contribution is -2.17. The number of amides is 1. The summed E-state index contributed by atoms with van der Waals surface area (Å²) in [7, 11) is 0. The van der Waals surface area contributed by atoms with E-state index >= 15 is 0 Å². The topological polar surface area (TPSA) is 66.4 Å². The number of para-hydroxylation sites is 1. The molecule has 0 aliphatic carbocycles. The molecule has 6 heteroatoms. The van der Waals surface area contributed by atoms with Crippen LogP contribution in [0.15, 0.2) is 36.4 Å². The summed E-state index contributed by atoms with van der Waals surface area (Å²) >= 11 is 2.02. The fourth-order valence-electron chi connectivity index (χ4n) is 1.83. The molecule has 0 atom stereocenters. The van der Waals surface area contributed by atoms with Gasteiger partial charge in [-0.3, -0.25) is 4.79 Å². The van der Waals surface area contributed by atoms with E-state index in [9.17, 15) is 14.0 Å². The van der Waals surface area contributed by atoms with Crippen LogP contribution in [0.3, 0.4) is 0 Å². The Bertz CT molecular complexity index is 731. The van der Waals surface area contributed by atoms with Gasteiger partial charge in [0.2, 0.25) is 0 Å². The summed E-state index contributed by atoms with van der Waals surface area (Å²) in [6, 6.07) is 8.79. The second-order valence-electron chi connectivity index (χ2n) is 4.36. The molecule has 0 spiro atoms. The summed E-state index contributed by atoms with van der Waals surface area (Å²) in [4.78, 5) is 23.3. The summed E-state index contributed by atoms with van der Waals surface area (Å²) < 4.78 is 14.5. The van der Waals surface area contributed by atoms with E-state index in [-0.39, 0.29) is 11.3 Å². The second kappa shape index (κ2) is 6.21. The molecule has 0 saturated heterocycles. The fraction of sp³-hybridized carbons (Fsp3) is 0.0667. The predicted molar refractivity (Wildman–Crippen MR) is 85.2 cm³/mol. The van der Waals surface area contributed by atoms with Gasteiger partial charge in [-0.25, -0.2) is 9.18 Å². The highest BCUT2D eigenvalue weighted by Crippen LogP contribution is 2.23. The van der Waals surface area contributed by atoms with E-state index in [1.165, 1.54) is 12.1 Å². The first-order valence-electron chi connectivity index (χ1n) is 6.00. The van der Waals surface area contributed by atoms with Crippen LogP contribution in [-0.2, 0) is 0 Å². The van der Waals surface area contributed by atoms with Crippen molar-refractivity contribution in [3.63, 3.8) is 0 Å². The average Bonchev–Trinajstić information content (AvgIpc) is 2.43. The van der Waals surface area contributed by atoms with Gasteiger partial charge in [0, 0.05) is 3.57 Å². The van der Waals surface area contributed by atoms with Gasteiger partial charge >= 0.3 is 5.97 Å². The van der Waals surface area contributed by atoms with Crippen LogP contribution in [0.2, 0.25) is 0 Å². The molecule has 4 nitrogen and oxygen atoms in total. The minimum atomic E-state index is -1.30. The van der Waals surface area contributed by atoms with Crippen molar-refractivity contribution in [1.82, 2.24) is 0 Å². The van der Waals surface area contributed by atoms with Crippen molar-refractivity contribution in [3.8, 4) is 0 Å². The molecule has 0 aliphatic heterocycles. The highest BCUT2D eigenvalue weighted by Gasteiger charge is 2.18. The van der Waals surface area contributed by atoms with Crippen LogP contribution in [-0.4, -0.2) is 17.0 Å². The molecule has 0 aromatic heterocycles. The van der Waals surface area contributed by atoms with Crippen molar-refractivity contribution in [2.75, 3.05) is 5.32 Å². The molecule has 0 aliphatic rings. The van der Waals surface area contributed by atoms with Gasteiger partial charge in [0.15, 0.2) is 0 Å². The molecule has 2 rings (SSSR count). The maximum atomic E-state index is 13.8. The number of anilines is 1. The van der Waals surface area contributed by atoms with Gasteiger partial charge < -0.3 is 10.4 Å². The number of carbonyl (C=O) groups excluding carboxylic acids is 1. The van der Waals surface area contributed by atoms with Crippen molar-refractivity contribution in [2.45, 2.75) is 6.92 Å². The lowest BCUT2D eigenvalue weighted by molar-refractivity contribution is 0.0697. The van der Waals surface area contributed by atoms with Crippen LogP contribution in [0.1, 0.15) is 26.3 Å². The summed E-state index contributed by atoms with van der Waals surface area (Å²) in [6.07, 6.45) is 0. The number of carboxylic acid groups (broad SMARTS) is 1. The first-order chi connectivity index (χ1) is 9.91. The highest BCUT2D eigenvalue weighted by molar-refractivity contribution is 14.1. The summed E-state index contributed by atoms with van der Waals surface area (Å²) in [5, 5.41) is 11.4. The van der Waals surface area contributed by atoms with E-state index in [1.54, 1.807) is 12.1 Å². The van der Waals surface area contributed by atoms with Crippen LogP contribution >= 0.6 is 22.6 Å². The van der Waals surface area contributed by atoms with Gasteiger partial charge in [0.25, 0.3) is 5.91 Å². The molecular weight excluding hydrogens is 388 g/mol. The van der Waals surface area contributed by atoms with Crippen molar-refractivity contribution in [2.24, 2.45) is 0 Å². The van der Waals surface area contributed by atoms with E-state index in [4.69, 9.17) is 5.11 Å². The van der Waals surface area contributed by atoms with Gasteiger partial charge in [-0.1, -0.05) is 18.2 Å². The van der Waals surface area contributed by atoms with E-state index in [0.29, 0.717) is 5.56 Å². The number of halogens is 2. The molecule has 2 aromatic rings. The zero-order chi connectivity index (χ0) is 15.6. The van der Waals surface area contributed by atoms with Crippen molar-refractivity contribution in [1.29, 1.82) is 0 Å². The van der Waals surface area contributed by atoms with E-state index < -0.39 is 17.7 Å². The Morgan fingerprint density at radius 3 is 2.43 bits per heavy atom. The number of hydrogen-bond donors (Lipinski definition) is 2. The monoisotopic (exact) mass is 399 g/mol. The van der Waals surface area contributed by atoms with Gasteiger partial charge in [0.1, 0.15) is 5.82 Å². The Hall–Kier alpha value is -1.96. The number of carboxylic acids is 1. The molecule has 108 valence electrons. The minimum Gasteiger partial charge on any atom is -0.478 e. The highest BCUT2D eigenvalue weighted by atomic mass is 127. The SMILES string of the molecule is Cc1cccc(C(=O)Nc2c(F)cccc2C(=O)O)c1I. The molecule has 2 aromatic carbocycles. The molecule has 0 bridgehead atoms. The Kier molecular flexibility index (Phi) is 4.56. The molecule has 0 heterocycles. The van der Waals surface area contributed by atoms with Gasteiger partial charge in [-0.05, 0) is 53.3 Å². The van der Waals surface area contributed by atoms with Crippen LogP contribution in [0.5, 0.6) is 0 Å². The third-order valence-electron chi connectivity index (χ3n) is 2.92. The van der Waals surface area contributed by atoms with E-state index in [0.717, 1.165) is 15.2 Å². The molecule has 0 fully saturated rings. The largest absolute Gasteiger partial charge is 0.478 e. The quantitative estimate of drug-likeness (QED) is 0.774. The summed E-state index contributed by atoms with van der Waals surface area (Å²) in [6.45, 7) is 1.85. The lowest BCUT2D eigenvalue weighted by atomic mass is 10.1. The smallest absolute Gasteiger partial charge is 0.337 e. The molecule has 0 radical (unpaired) electrons. The fourth-order valence-corrected chi connectivity index (χ4v) is 2.44. The van der Waals surface area contributed by atoms with Crippen LogP contribution in [0, 0.1) is 16.3 Å². The third kappa shape index (κ3) is 3.21. The zero-order valence-corrected chi connectivity index (χ0v) is 13.1. The number of carbonyl (C=O) groups is 2. The molecule has 0 saturated carbocycles. The molecule has 1 amide bonds. The average molecular weight is 399 g/mol. The molecule has 0 unspecified atom stereocenters. The van der Waals surface area contributed by atoms with Crippen LogP contribution in [0.4, 0.5) is 10.1 Å². The normalized spacial score (nSPS) is 10.2. The zero-order valence-electron chi connectivity index (χ0n) is 11.0. The number of benzene rings is 2. The summed E-state index contributed by atoms with van der Waals surface area (Å²) in [5.41, 5.74) is 0.670. The predicted octanol–water partition coefficient (Wildman–Crippen LogP) is 3.69. The number of nitrogens with one attached hydrogen (secondary N) is 1. The lowest BCUT2D eigenvalue weighted by Gasteiger charge is -2.11. The first-order valence-corrected chi connectivity index (χ1v) is 7.08. The number of aryl methyl sites for hydroxylation is 1. The molecule has 2 N–H and O–H groups in total. The third-order valence-corrected chi connectivity index (χ3v) is 4.35. The standard InChI is InChI=1S/C15H11FINO3/c1-8-4-2-5-9(12(8)17)14(19)18-13-10(15(20)21)6-3-7-11(13)16/h2-7H,1H3,(H,18,19)(H,20,21). The first kappa shape index (κ1) is 15.4. The maximum absolute atomic E-state index is 13.8. The van der Waals surface area contributed by atoms with Gasteiger partial charge in [0.05, 0.1) is 16.8 Å². The van der Waals surface area contributed by atoms with Crippen molar-refractivity contribution >= 4 is 40.2 Å². The van der Waals surface area contributed by atoms with E-state index in [1.807, 2.05) is 35.6 Å². The second-order valence-corrected chi connectivity index (χ2v) is 5.44. The Balaban J connectivity index is 2.41. The number of hydrogen-bond acceptors (Lipinski definition) is 2. The number of aromatic carboxylic acids is 1. The minimum absolute atomic E-state index is 0.286. The van der Waals surface area contributed by atoms with Gasteiger partial charge in [-0.2, -0.15) is 0 Å². The molecular formula is C15H11FINO3. The van der Waals surface area contributed by atoms with E-state index in [2.05, 4.69) is 5.32 Å². The Morgan fingerprint density at radius 1 is 1.14 bits per heavy atom. The summed E-state index contributed by atoms with van der Waals surface area (Å²) in [5.74, 6) is -2.63. The van der Waals surface area contributed by atoms with Crippen LogP contribution < -0.4 is 5.32 Å². The van der Waals surface area contributed by atoms with Crippen LogP contribution in [0.25, 0.3) is 0 Å².